The van der Waals surface area contributed by atoms with Gasteiger partial charge < -0.3 is 19.1 Å². The molecule has 326 valence electrons. The fourth-order valence-corrected chi connectivity index (χ4v) is 9.54. The lowest BCUT2D eigenvalue weighted by Crippen LogP contribution is -2.44. The molecule has 1 unspecified atom stereocenters. The highest BCUT2D eigenvalue weighted by molar-refractivity contribution is 6.02. The van der Waals surface area contributed by atoms with E-state index < -0.39 is 17.8 Å². The number of aromatic nitrogens is 4. The van der Waals surface area contributed by atoms with Crippen molar-refractivity contribution in [3.63, 3.8) is 0 Å². The molecule has 0 spiro atoms. The smallest absolute Gasteiger partial charge is 0.329 e. The first-order chi connectivity index (χ1) is 30.4. The quantitative estimate of drug-likeness (QED) is 0.149. The zero-order valence-corrected chi connectivity index (χ0v) is 35.8. The zero-order chi connectivity index (χ0) is 43.9. The van der Waals surface area contributed by atoms with E-state index in [-0.39, 0.29) is 53.9 Å². The first-order valence-corrected chi connectivity index (χ1v) is 21.8. The number of hydrogen-bond donors (Lipinski definition) is 1. The number of nitrogens with one attached hydrogen (secondary N) is 1. The molecule has 4 amide bonds. The summed E-state index contributed by atoms with van der Waals surface area (Å²) in [6.45, 7) is 3.03. The van der Waals surface area contributed by atoms with Crippen LogP contribution in [-0.2, 0) is 34.4 Å². The van der Waals surface area contributed by atoms with E-state index in [4.69, 9.17) is 4.42 Å². The normalized spacial score (nSPS) is 17.4. The van der Waals surface area contributed by atoms with E-state index in [0.29, 0.717) is 59.6 Å². The predicted molar refractivity (Wildman–Crippen MR) is 238 cm³/mol. The number of aryl methyl sites for hydroxylation is 3. The van der Waals surface area contributed by atoms with Gasteiger partial charge in [0.25, 0.3) is 5.91 Å². The number of imidazole rings is 1. The number of halogens is 1. The molecule has 3 aromatic carbocycles. The van der Waals surface area contributed by atoms with Crippen LogP contribution < -0.4 is 15.9 Å². The molecule has 3 aliphatic heterocycles. The molecule has 2 fully saturated rings. The summed E-state index contributed by atoms with van der Waals surface area (Å²) in [5, 5.41) is 6.80. The Balaban J connectivity index is 0.901. The maximum Gasteiger partial charge on any atom is 0.329 e. The monoisotopic (exact) mass is 854 g/mol. The highest BCUT2D eigenvalue weighted by Crippen LogP contribution is 2.39. The molecule has 2 saturated heterocycles. The number of amides is 4. The molecule has 1 N–H and O–H groups in total. The molecule has 3 aromatic heterocycles. The molecule has 9 rings (SSSR count). The Kier molecular flexibility index (Phi) is 11.3. The number of piperidine rings is 2. The lowest BCUT2D eigenvalue weighted by Gasteiger charge is -2.34. The average molecular weight is 855 g/mol. The summed E-state index contributed by atoms with van der Waals surface area (Å²) in [6.07, 6.45) is 10.6. The minimum atomic E-state index is -0.716. The molecule has 3 aliphatic rings. The topological polar surface area (TPSA) is 148 Å². The van der Waals surface area contributed by atoms with Gasteiger partial charge in [-0.15, -0.1) is 0 Å². The summed E-state index contributed by atoms with van der Waals surface area (Å²) < 4.78 is 27.6. The molecule has 1 atom stereocenters. The van der Waals surface area contributed by atoms with Gasteiger partial charge in [0.15, 0.2) is 5.76 Å². The van der Waals surface area contributed by atoms with Gasteiger partial charge in [-0.1, -0.05) is 30.3 Å². The summed E-state index contributed by atoms with van der Waals surface area (Å²) in [5.74, 6) is -1.09. The SMILES string of the molecule is CN(C)C(=O)c1cc2c(F)c(C3=CCCN(C(=O)CCn4cccn4)C3)cc(-c3ccc(N4CCC(CCc5cccc6c5n(C)c(=O)n6C5CCC(=O)NC5=O)CC4)cc3)c2o1. The molecule has 0 aliphatic carbocycles. The second-order valence-electron chi connectivity index (χ2n) is 17.2. The van der Waals surface area contributed by atoms with Crippen molar-refractivity contribution in [2.75, 3.05) is 45.2 Å². The van der Waals surface area contributed by atoms with Crippen LogP contribution in [0.4, 0.5) is 10.1 Å². The van der Waals surface area contributed by atoms with Gasteiger partial charge in [-0.3, -0.25) is 38.3 Å². The molecule has 15 heteroatoms. The van der Waals surface area contributed by atoms with Gasteiger partial charge in [-0.05, 0) is 91.5 Å². The molecule has 0 saturated carbocycles. The predicted octanol–water partition coefficient (Wildman–Crippen LogP) is 6.32. The number of carbonyl (C=O) groups is 4. The summed E-state index contributed by atoms with van der Waals surface area (Å²) >= 11 is 0. The second kappa shape index (κ2) is 17.2. The number of para-hydroxylation sites is 1. The molecular formula is C48H51FN8O6. The third-order valence-electron chi connectivity index (χ3n) is 13.0. The van der Waals surface area contributed by atoms with E-state index in [1.54, 1.807) is 47.6 Å². The van der Waals surface area contributed by atoms with Crippen LogP contribution >= 0.6 is 0 Å². The number of rotatable bonds is 11. The van der Waals surface area contributed by atoms with Crippen LogP contribution in [0.3, 0.4) is 0 Å². The minimum absolute atomic E-state index is 0.0235. The second-order valence-corrected chi connectivity index (χ2v) is 17.2. The van der Waals surface area contributed by atoms with Crippen molar-refractivity contribution >= 4 is 56.9 Å². The Labute approximate surface area is 363 Å². The van der Waals surface area contributed by atoms with Crippen molar-refractivity contribution in [1.29, 1.82) is 0 Å². The Morgan fingerprint density at radius 2 is 1.76 bits per heavy atom. The Morgan fingerprint density at radius 1 is 0.968 bits per heavy atom. The Bertz CT molecular complexity index is 2830. The van der Waals surface area contributed by atoms with Crippen molar-refractivity contribution < 1.29 is 28.0 Å². The maximum absolute atomic E-state index is 16.6. The van der Waals surface area contributed by atoms with Gasteiger partial charge in [0.05, 0.1) is 16.4 Å². The van der Waals surface area contributed by atoms with Crippen LogP contribution in [0.25, 0.3) is 38.7 Å². The van der Waals surface area contributed by atoms with Crippen molar-refractivity contribution in [1.82, 2.24) is 34.0 Å². The lowest BCUT2D eigenvalue weighted by molar-refractivity contribution is -0.136. The number of fused-ring (bicyclic) bond motifs is 2. The van der Waals surface area contributed by atoms with E-state index >= 15 is 4.39 Å². The Morgan fingerprint density at radius 3 is 2.49 bits per heavy atom. The van der Waals surface area contributed by atoms with Gasteiger partial charge in [-0.25, -0.2) is 9.18 Å². The highest BCUT2D eigenvalue weighted by atomic mass is 19.1. The number of benzene rings is 3. The van der Waals surface area contributed by atoms with Gasteiger partial charge >= 0.3 is 5.69 Å². The minimum Gasteiger partial charge on any atom is -0.450 e. The third kappa shape index (κ3) is 8.07. The van der Waals surface area contributed by atoms with Crippen molar-refractivity contribution in [2.45, 2.75) is 64.0 Å². The number of nitrogens with zero attached hydrogens (tertiary/aromatic N) is 7. The van der Waals surface area contributed by atoms with Crippen LogP contribution in [0.2, 0.25) is 0 Å². The highest BCUT2D eigenvalue weighted by Gasteiger charge is 2.32. The van der Waals surface area contributed by atoms with Gasteiger partial charge in [-0.2, -0.15) is 5.10 Å². The van der Waals surface area contributed by atoms with Crippen LogP contribution in [0.5, 0.6) is 0 Å². The summed E-state index contributed by atoms with van der Waals surface area (Å²) in [5.41, 5.74) is 6.28. The molecule has 6 aromatic rings. The lowest BCUT2D eigenvalue weighted by atomic mass is 9.90. The molecular weight excluding hydrogens is 804 g/mol. The van der Waals surface area contributed by atoms with Gasteiger partial charge in [0.1, 0.15) is 17.4 Å². The average Bonchev–Trinajstić information content (AvgIpc) is 4.05. The fourth-order valence-electron chi connectivity index (χ4n) is 9.54. The first kappa shape index (κ1) is 41.6. The summed E-state index contributed by atoms with van der Waals surface area (Å²) in [4.78, 5) is 69.8. The van der Waals surface area contributed by atoms with E-state index in [1.165, 1.54) is 15.5 Å². The van der Waals surface area contributed by atoms with Gasteiger partial charge in [0, 0.05) is 102 Å². The largest absolute Gasteiger partial charge is 0.450 e. The molecule has 14 nitrogen and oxygen atoms in total. The first-order valence-electron chi connectivity index (χ1n) is 21.8. The number of hydrogen-bond acceptors (Lipinski definition) is 8. The van der Waals surface area contributed by atoms with E-state index in [1.807, 2.05) is 42.6 Å². The van der Waals surface area contributed by atoms with Crippen molar-refractivity contribution in [3.8, 4) is 11.1 Å². The van der Waals surface area contributed by atoms with E-state index in [9.17, 15) is 24.0 Å². The third-order valence-corrected chi connectivity index (χ3v) is 13.0. The number of imide groups is 1. The number of anilines is 1. The standard InChI is InChI=1S/C48H51FN8O6/c1-52(2)47(61)40-28-37-43(49)35(33-8-5-22-55(29-33)42(59)20-26-56-23-6-21-50-56)27-36(45(37)63-40)31-12-14-34(15-13-31)54-24-18-30(19-25-54)10-11-32-7-4-9-38-44(32)53(3)48(62)57(38)39-16-17-41(58)51-46(39)60/h4,6-9,12-15,21,23,27-28,30,39H,5,10-11,16-20,22,24-26,29H2,1-3H3,(H,51,58,60). The molecule has 0 bridgehead atoms. The van der Waals surface area contributed by atoms with E-state index in [0.717, 1.165) is 61.1 Å². The molecule has 6 heterocycles. The molecule has 0 radical (unpaired) electrons. The van der Waals surface area contributed by atoms with Crippen LogP contribution in [0, 0.1) is 11.7 Å². The van der Waals surface area contributed by atoms with E-state index in [2.05, 4.69) is 33.5 Å². The van der Waals surface area contributed by atoms with Gasteiger partial charge in [0.2, 0.25) is 17.7 Å². The van der Waals surface area contributed by atoms with Crippen LogP contribution in [0.1, 0.15) is 72.7 Å². The number of furan rings is 1. The van der Waals surface area contributed by atoms with Crippen molar-refractivity contribution in [2.24, 2.45) is 13.0 Å². The Hall–Kier alpha value is -6.77. The number of carbonyl (C=O) groups excluding carboxylic acids is 4. The molecule has 63 heavy (non-hydrogen) atoms. The fraction of sp³-hybridized carbons (Fsp3) is 0.375. The van der Waals surface area contributed by atoms with Crippen LogP contribution in [-0.4, -0.2) is 92.6 Å². The maximum atomic E-state index is 16.6. The van der Waals surface area contributed by atoms with Crippen molar-refractivity contribution in [3.05, 3.63) is 112 Å². The van der Waals surface area contributed by atoms with Crippen LogP contribution in [0.15, 0.2) is 88.3 Å². The summed E-state index contributed by atoms with van der Waals surface area (Å²) in [6, 6.07) is 18.4. The summed E-state index contributed by atoms with van der Waals surface area (Å²) in [7, 11) is 5.00. The zero-order valence-electron chi connectivity index (χ0n) is 35.8.